The van der Waals surface area contributed by atoms with Crippen molar-refractivity contribution in [2.45, 2.75) is 0 Å². The third kappa shape index (κ3) is 0.654. The Hall–Kier alpha value is -1.10. The molecule has 0 aromatic carbocycles. The molecule has 0 amide bonds. The van der Waals surface area contributed by atoms with Gasteiger partial charge in [0.25, 0.3) is 0 Å². The summed E-state index contributed by atoms with van der Waals surface area (Å²) >= 11 is 0. The fraction of sp³-hybridized carbons (Fsp3) is 0. The van der Waals surface area contributed by atoms with Gasteiger partial charge in [0, 0.05) is 0 Å². The van der Waals surface area contributed by atoms with Crippen molar-refractivity contribution in [2.75, 3.05) is 0 Å². The molecule has 0 saturated heterocycles. The molecule has 9 heavy (non-hydrogen) atoms. The lowest BCUT2D eigenvalue weighted by molar-refractivity contribution is 0.534. The monoisotopic (exact) mass is 138 g/mol. The van der Waals surface area contributed by atoms with Gasteiger partial charge in [-0.3, -0.25) is 0 Å². The van der Waals surface area contributed by atoms with E-state index >= 15 is 0 Å². The van der Waals surface area contributed by atoms with Crippen LogP contribution >= 0.6 is 0 Å². The van der Waals surface area contributed by atoms with Gasteiger partial charge in [-0.2, -0.15) is 4.98 Å². The van der Waals surface area contributed by atoms with Gasteiger partial charge >= 0.3 is 10.0 Å². The van der Waals surface area contributed by atoms with Crippen LogP contribution in [0.3, 0.4) is 0 Å². The third-order valence-corrected chi connectivity index (χ3v) is 1.51. The van der Waals surface area contributed by atoms with Gasteiger partial charge in [0.2, 0.25) is 5.88 Å². The topological polar surface area (TPSA) is 44.2 Å². The third-order valence-electron chi connectivity index (χ3n) is 0.934. The lowest BCUT2D eigenvalue weighted by atomic mass is 10.6. The summed E-state index contributed by atoms with van der Waals surface area (Å²) in [7, 11) is 0.0438. The van der Waals surface area contributed by atoms with Crippen LogP contribution in [-0.2, 0) is 0 Å². The molecule has 0 atom stereocenters. The number of hydrogen-bond donors (Lipinski definition) is 0. The van der Waals surface area contributed by atoms with Crippen molar-refractivity contribution in [3.8, 4) is 11.6 Å². The number of fused-ring (bicyclic) bond motifs is 1. The molecule has 2 heterocycles. The van der Waals surface area contributed by atoms with Crippen LogP contribution < -0.4 is 8.85 Å². The maximum atomic E-state index is 4.98. The van der Waals surface area contributed by atoms with Gasteiger partial charge in [0.1, 0.15) is 6.33 Å². The van der Waals surface area contributed by atoms with E-state index in [-0.39, 0.29) is 10.0 Å². The van der Waals surface area contributed by atoms with Crippen LogP contribution in [0.1, 0.15) is 0 Å². The van der Waals surface area contributed by atoms with Gasteiger partial charge in [0.15, 0.2) is 5.75 Å². The summed E-state index contributed by atoms with van der Waals surface area (Å²) in [6, 6.07) is 0. The number of rotatable bonds is 0. The van der Waals surface area contributed by atoms with Crippen LogP contribution in [0.4, 0.5) is 0 Å². The molecule has 0 N–H and O–H groups in total. The highest BCUT2D eigenvalue weighted by Gasteiger charge is 2.16. The Morgan fingerprint density at radius 3 is 3.33 bits per heavy atom. The largest absolute Gasteiger partial charge is 0.611 e. The minimum absolute atomic E-state index is 0.0438. The van der Waals surface area contributed by atoms with Crippen molar-refractivity contribution in [3.05, 3.63) is 12.5 Å². The molecule has 44 valence electrons. The minimum atomic E-state index is 0.0438. The Morgan fingerprint density at radius 2 is 2.44 bits per heavy atom. The van der Waals surface area contributed by atoms with Gasteiger partial charge < -0.3 is 8.85 Å². The van der Waals surface area contributed by atoms with E-state index in [4.69, 9.17) is 8.85 Å². The maximum absolute atomic E-state index is 4.98. The quantitative estimate of drug-likeness (QED) is 0.465. The molecule has 2 rings (SSSR count). The van der Waals surface area contributed by atoms with Crippen molar-refractivity contribution in [1.29, 1.82) is 0 Å². The second-order valence-electron chi connectivity index (χ2n) is 1.48. The van der Waals surface area contributed by atoms with Crippen molar-refractivity contribution in [1.82, 2.24) is 9.97 Å². The van der Waals surface area contributed by atoms with Crippen molar-refractivity contribution >= 4 is 10.0 Å². The standard InChI is InChI=1S/C4H2N2O2Si/c1-3-4(6-2-5-1)8-9-7-3/h1-2H. The molecule has 0 bridgehead atoms. The summed E-state index contributed by atoms with van der Waals surface area (Å²) < 4.78 is 9.93. The molecule has 0 saturated carbocycles. The van der Waals surface area contributed by atoms with Crippen LogP contribution in [0, 0.1) is 0 Å². The van der Waals surface area contributed by atoms with E-state index in [0.717, 1.165) is 0 Å². The smallest absolute Gasteiger partial charge is 0.503 e. The summed E-state index contributed by atoms with van der Waals surface area (Å²) in [5.74, 6) is 1.18. The van der Waals surface area contributed by atoms with Gasteiger partial charge in [-0.15, -0.1) is 0 Å². The Kier molecular flexibility index (Phi) is 0.893. The van der Waals surface area contributed by atoms with E-state index in [2.05, 4.69) is 9.97 Å². The summed E-state index contributed by atoms with van der Waals surface area (Å²) in [5, 5.41) is 0. The second-order valence-corrected chi connectivity index (χ2v) is 2.05. The number of hydrogen-bond acceptors (Lipinski definition) is 4. The van der Waals surface area contributed by atoms with Crippen LogP contribution in [0.15, 0.2) is 12.5 Å². The predicted molar refractivity (Wildman–Crippen MR) is 29.0 cm³/mol. The number of nitrogens with zero attached hydrogens (tertiary/aromatic N) is 2. The van der Waals surface area contributed by atoms with E-state index in [1.807, 2.05) is 0 Å². The van der Waals surface area contributed by atoms with Crippen molar-refractivity contribution in [3.63, 3.8) is 0 Å². The highest BCUT2D eigenvalue weighted by Crippen LogP contribution is 2.25. The molecular formula is C4H2N2O2Si. The van der Waals surface area contributed by atoms with Crippen LogP contribution in [0.2, 0.25) is 0 Å². The zero-order chi connectivity index (χ0) is 6.10. The molecule has 0 spiro atoms. The van der Waals surface area contributed by atoms with Crippen LogP contribution in [-0.4, -0.2) is 20.0 Å². The first kappa shape index (κ1) is 4.75. The molecule has 0 unspecified atom stereocenters. The SMILES string of the molecule is c1ncc2c(n1)O[Si]O2. The first-order chi connectivity index (χ1) is 4.47. The van der Waals surface area contributed by atoms with E-state index in [0.29, 0.717) is 11.6 Å². The van der Waals surface area contributed by atoms with E-state index in [1.54, 1.807) is 6.20 Å². The fourth-order valence-corrected chi connectivity index (χ4v) is 1.06. The fourth-order valence-electron chi connectivity index (χ4n) is 0.557. The molecule has 4 nitrogen and oxygen atoms in total. The minimum Gasteiger partial charge on any atom is -0.503 e. The maximum Gasteiger partial charge on any atom is 0.611 e. The Bertz CT molecular complexity index is 207. The lowest BCUT2D eigenvalue weighted by Crippen LogP contribution is -2.00. The zero-order valence-electron chi connectivity index (χ0n) is 4.37. The molecular weight excluding hydrogens is 136 g/mol. The highest BCUT2D eigenvalue weighted by molar-refractivity contribution is 6.22. The molecule has 1 aliphatic rings. The molecule has 5 heteroatoms. The van der Waals surface area contributed by atoms with Crippen LogP contribution in [0.5, 0.6) is 11.6 Å². The molecule has 2 radical (unpaired) electrons. The molecule has 1 aromatic rings. The molecule has 1 aliphatic heterocycles. The van der Waals surface area contributed by atoms with E-state index in [1.165, 1.54) is 6.33 Å². The first-order valence-corrected chi connectivity index (χ1v) is 3.17. The summed E-state index contributed by atoms with van der Waals surface area (Å²) in [5.41, 5.74) is 0. The summed E-state index contributed by atoms with van der Waals surface area (Å²) in [4.78, 5) is 7.55. The van der Waals surface area contributed by atoms with Crippen LogP contribution in [0.25, 0.3) is 0 Å². The normalized spacial score (nSPS) is 13.8. The zero-order valence-corrected chi connectivity index (χ0v) is 5.37. The lowest BCUT2D eigenvalue weighted by Gasteiger charge is -1.89. The Balaban J connectivity index is 2.54. The summed E-state index contributed by atoms with van der Waals surface area (Å²) in [6.07, 6.45) is 3.01. The summed E-state index contributed by atoms with van der Waals surface area (Å²) in [6.45, 7) is 0. The second kappa shape index (κ2) is 1.69. The van der Waals surface area contributed by atoms with Crippen molar-refractivity contribution < 1.29 is 8.85 Å². The van der Waals surface area contributed by atoms with E-state index < -0.39 is 0 Å². The molecule has 1 aromatic heterocycles. The van der Waals surface area contributed by atoms with Gasteiger partial charge in [-0.25, -0.2) is 4.98 Å². The average Bonchev–Trinajstić information content (AvgIpc) is 2.33. The molecule has 0 fully saturated rings. The van der Waals surface area contributed by atoms with Gasteiger partial charge in [-0.05, 0) is 0 Å². The Morgan fingerprint density at radius 1 is 1.44 bits per heavy atom. The van der Waals surface area contributed by atoms with E-state index in [9.17, 15) is 0 Å². The first-order valence-electron chi connectivity index (χ1n) is 2.35. The van der Waals surface area contributed by atoms with Gasteiger partial charge in [0.05, 0.1) is 6.20 Å². The average molecular weight is 138 g/mol. The number of aromatic nitrogens is 2. The Labute approximate surface area is 53.9 Å². The van der Waals surface area contributed by atoms with Gasteiger partial charge in [-0.1, -0.05) is 0 Å². The van der Waals surface area contributed by atoms with Crippen molar-refractivity contribution in [2.24, 2.45) is 0 Å². The highest BCUT2D eigenvalue weighted by atomic mass is 28.3. The molecule has 0 aliphatic carbocycles. The predicted octanol–water partition coefficient (Wildman–Crippen LogP) is -0.218.